The summed E-state index contributed by atoms with van der Waals surface area (Å²) >= 11 is 6.22. The summed E-state index contributed by atoms with van der Waals surface area (Å²) in [4.78, 5) is 27.6. The molecule has 0 radical (unpaired) electrons. The molecule has 1 amide bonds. The molecular formula is C27H27ClN2O5S. The van der Waals surface area contributed by atoms with Crippen LogP contribution in [0.1, 0.15) is 34.8 Å². The van der Waals surface area contributed by atoms with Gasteiger partial charge in [0.15, 0.2) is 6.10 Å². The molecule has 0 saturated carbocycles. The van der Waals surface area contributed by atoms with E-state index in [9.17, 15) is 18.0 Å². The van der Waals surface area contributed by atoms with Crippen LogP contribution in [0.3, 0.4) is 0 Å². The number of benzene rings is 3. The second-order valence-electron chi connectivity index (χ2n) is 8.66. The van der Waals surface area contributed by atoms with Gasteiger partial charge in [-0.15, -0.1) is 0 Å². The van der Waals surface area contributed by atoms with Crippen molar-refractivity contribution >= 4 is 39.2 Å². The molecule has 9 heteroatoms. The highest BCUT2D eigenvalue weighted by molar-refractivity contribution is 7.89. The lowest BCUT2D eigenvalue weighted by atomic mass is 10.0. The molecule has 36 heavy (non-hydrogen) atoms. The van der Waals surface area contributed by atoms with Gasteiger partial charge in [-0.2, -0.15) is 4.31 Å². The molecular weight excluding hydrogens is 500 g/mol. The van der Waals surface area contributed by atoms with E-state index in [1.807, 2.05) is 54.6 Å². The fourth-order valence-corrected chi connectivity index (χ4v) is 5.56. The third kappa shape index (κ3) is 5.46. The highest BCUT2D eigenvalue weighted by Crippen LogP contribution is 2.28. The number of ether oxygens (including phenoxy) is 1. The van der Waals surface area contributed by atoms with Gasteiger partial charge >= 0.3 is 5.97 Å². The summed E-state index contributed by atoms with van der Waals surface area (Å²) in [6.07, 6.45) is 0.607. The van der Waals surface area contributed by atoms with E-state index in [2.05, 4.69) is 0 Å². The number of para-hydroxylation sites is 1. The number of sulfonamides is 1. The molecule has 4 rings (SSSR count). The Morgan fingerprint density at radius 3 is 2.50 bits per heavy atom. The fraction of sp³-hybridized carbons (Fsp3) is 0.259. The van der Waals surface area contributed by atoms with Crippen molar-refractivity contribution in [3.63, 3.8) is 0 Å². The largest absolute Gasteiger partial charge is 0.449 e. The van der Waals surface area contributed by atoms with Gasteiger partial charge in [-0.05, 0) is 55.2 Å². The van der Waals surface area contributed by atoms with Crippen molar-refractivity contribution < 1.29 is 22.7 Å². The Balaban J connectivity index is 1.51. The Kier molecular flexibility index (Phi) is 7.78. The number of fused-ring (bicyclic) bond motifs is 1. The zero-order valence-corrected chi connectivity index (χ0v) is 21.6. The second kappa shape index (κ2) is 10.8. The van der Waals surface area contributed by atoms with Crippen molar-refractivity contribution in [2.75, 3.05) is 18.5 Å². The van der Waals surface area contributed by atoms with E-state index in [0.29, 0.717) is 6.54 Å². The number of amides is 1. The zero-order chi connectivity index (χ0) is 25.9. The Hall–Kier alpha value is -3.20. The normalized spacial score (nSPS) is 14.3. The third-order valence-electron chi connectivity index (χ3n) is 6.12. The Morgan fingerprint density at radius 2 is 1.75 bits per heavy atom. The molecule has 3 aromatic carbocycles. The van der Waals surface area contributed by atoms with Crippen LogP contribution in [0.2, 0.25) is 5.02 Å². The average molecular weight is 527 g/mol. The standard InChI is InChI=1S/C27H27ClN2O5S/c1-19(26(31)30-16-8-12-21-11-6-7-13-25(21)30)35-27(32)23-17-22(14-15-24(23)28)36(33,34)29(2)18-20-9-4-3-5-10-20/h3-7,9-11,13-15,17,19H,8,12,16,18H2,1-2H3/t19-/m1/s1. The van der Waals surface area contributed by atoms with Gasteiger partial charge in [0.25, 0.3) is 5.91 Å². The maximum Gasteiger partial charge on any atom is 0.340 e. The van der Waals surface area contributed by atoms with Gasteiger partial charge in [-0.3, -0.25) is 4.79 Å². The van der Waals surface area contributed by atoms with Crippen LogP contribution in [0.4, 0.5) is 5.69 Å². The van der Waals surface area contributed by atoms with E-state index in [-0.39, 0.29) is 27.9 Å². The van der Waals surface area contributed by atoms with Gasteiger partial charge in [0.05, 0.1) is 15.5 Å². The Morgan fingerprint density at radius 1 is 1.06 bits per heavy atom. The minimum atomic E-state index is -3.91. The first kappa shape index (κ1) is 25.9. The zero-order valence-electron chi connectivity index (χ0n) is 20.1. The summed E-state index contributed by atoms with van der Waals surface area (Å²) < 4.78 is 32.9. The van der Waals surface area contributed by atoms with E-state index < -0.39 is 22.1 Å². The first-order valence-electron chi connectivity index (χ1n) is 11.6. The summed E-state index contributed by atoms with van der Waals surface area (Å²) in [5.41, 5.74) is 2.58. The molecule has 1 aliphatic rings. The monoisotopic (exact) mass is 526 g/mol. The molecule has 188 valence electrons. The van der Waals surface area contributed by atoms with Crippen molar-refractivity contribution in [1.82, 2.24) is 4.31 Å². The number of carbonyl (C=O) groups is 2. The number of anilines is 1. The molecule has 1 heterocycles. The van der Waals surface area contributed by atoms with E-state index in [1.165, 1.54) is 36.5 Å². The molecule has 3 aromatic rings. The molecule has 0 saturated heterocycles. The van der Waals surface area contributed by atoms with E-state index in [0.717, 1.165) is 29.7 Å². The lowest BCUT2D eigenvalue weighted by molar-refractivity contribution is -0.126. The molecule has 1 aliphatic heterocycles. The molecule has 0 spiro atoms. The molecule has 0 aromatic heterocycles. The molecule has 7 nitrogen and oxygen atoms in total. The first-order chi connectivity index (χ1) is 17.2. The summed E-state index contributed by atoms with van der Waals surface area (Å²) in [7, 11) is -2.45. The predicted molar refractivity (Wildman–Crippen MR) is 139 cm³/mol. The van der Waals surface area contributed by atoms with Gasteiger partial charge in [-0.25, -0.2) is 13.2 Å². The van der Waals surface area contributed by atoms with Crippen molar-refractivity contribution in [1.29, 1.82) is 0 Å². The third-order valence-corrected chi connectivity index (χ3v) is 8.25. The van der Waals surface area contributed by atoms with Crippen LogP contribution in [0.25, 0.3) is 0 Å². The van der Waals surface area contributed by atoms with Gasteiger partial charge in [0.2, 0.25) is 10.0 Å². The van der Waals surface area contributed by atoms with E-state index >= 15 is 0 Å². The highest BCUT2D eigenvalue weighted by Gasteiger charge is 2.30. The van der Waals surface area contributed by atoms with Crippen molar-refractivity contribution in [2.45, 2.75) is 37.3 Å². The van der Waals surface area contributed by atoms with Crippen LogP contribution in [-0.4, -0.2) is 44.3 Å². The molecule has 0 N–H and O–H groups in total. The van der Waals surface area contributed by atoms with Crippen molar-refractivity contribution in [3.8, 4) is 0 Å². The lowest BCUT2D eigenvalue weighted by Gasteiger charge is -2.31. The predicted octanol–water partition coefficient (Wildman–Crippen LogP) is 4.69. The fourth-order valence-electron chi connectivity index (χ4n) is 4.18. The van der Waals surface area contributed by atoms with Gasteiger partial charge in [0, 0.05) is 25.8 Å². The molecule has 0 bridgehead atoms. The van der Waals surface area contributed by atoms with Crippen LogP contribution in [-0.2, 0) is 32.5 Å². The number of esters is 1. The maximum absolute atomic E-state index is 13.1. The van der Waals surface area contributed by atoms with E-state index in [1.54, 1.807) is 4.90 Å². The Labute approximate surface area is 216 Å². The number of aryl methyl sites for hydroxylation is 1. The van der Waals surface area contributed by atoms with Crippen molar-refractivity contribution in [3.05, 3.63) is 94.5 Å². The van der Waals surface area contributed by atoms with Gasteiger partial charge in [0.1, 0.15) is 0 Å². The number of hydrogen-bond donors (Lipinski definition) is 0. The van der Waals surface area contributed by atoms with Gasteiger partial charge in [-0.1, -0.05) is 60.1 Å². The van der Waals surface area contributed by atoms with Crippen molar-refractivity contribution in [2.24, 2.45) is 0 Å². The summed E-state index contributed by atoms with van der Waals surface area (Å²) in [6, 6.07) is 20.7. The lowest BCUT2D eigenvalue weighted by Crippen LogP contribution is -2.42. The topological polar surface area (TPSA) is 84.0 Å². The number of nitrogens with zero attached hydrogens (tertiary/aromatic N) is 2. The molecule has 1 atom stereocenters. The van der Waals surface area contributed by atoms with Crippen LogP contribution in [0.5, 0.6) is 0 Å². The highest BCUT2D eigenvalue weighted by atomic mass is 35.5. The van der Waals surface area contributed by atoms with Gasteiger partial charge < -0.3 is 9.64 Å². The van der Waals surface area contributed by atoms with Crippen LogP contribution in [0.15, 0.2) is 77.7 Å². The SMILES string of the molecule is C[C@@H](OC(=O)c1cc(S(=O)(=O)N(C)Cc2ccccc2)ccc1Cl)C(=O)N1CCCc2ccccc21. The molecule has 0 aliphatic carbocycles. The minimum absolute atomic E-state index is 0.0348. The van der Waals surface area contributed by atoms with E-state index in [4.69, 9.17) is 16.3 Å². The maximum atomic E-state index is 13.1. The number of rotatable bonds is 7. The quantitative estimate of drug-likeness (QED) is 0.417. The first-order valence-corrected chi connectivity index (χ1v) is 13.4. The molecule has 0 fully saturated rings. The summed E-state index contributed by atoms with van der Waals surface area (Å²) in [5.74, 6) is -1.22. The molecule has 0 unspecified atom stereocenters. The number of carbonyl (C=O) groups excluding carboxylic acids is 2. The minimum Gasteiger partial charge on any atom is -0.449 e. The smallest absolute Gasteiger partial charge is 0.340 e. The van der Waals surface area contributed by atoms with Crippen LogP contribution in [0, 0.1) is 0 Å². The Bertz CT molecular complexity index is 1380. The summed E-state index contributed by atoms with van der Waals surface area (Å²) in [5, 5.41) is 0.0348. The van der Waals surface area contributed by atoms with Crippen LogP contribution < -0.4 is 4.90 Å². The second-order valence-corrected chi connectivity index (χ2v) is 11.1. The summed E-state index contributed by atoms with van der Waals surface area (Å²) in [6.45, 7) is 2.19. The average Bonchev–Trinajstić information content (AvgIpc) is 2.88. The van der Waals surface area contributed by atoms with Crippen LogP contribution >= 0.6 is 11.6 Å². The number of hydrogen-bond acceptors (Lipinski definition) is 5. The number of halogens is 1.